The monoisotopic (exact) mass is 390 g/mol. The minimum atomic E-state index is 1.21. The third-order valence-electron chi connectivity index (χ3n) is 4.25. The topological polar surface area (TPSA) is 0 Å². The van der Waals surface area contributed by atoms with Gasteiger partial charge in [0.25, 0.3) is 0 Å². The molecule has 25 heavy (non-hydrogen) atoms. The van der Waals surface area contributed by atoms with E-state index in [1.54, 1.807) is 0 Å². The van der Waals surface area contributed by atoms with Crippen molar-refractivity contribution in [2.45, 2.75) is 75.0 Å². The number of hydrogen-bond acceptors (Lipinski definition) is 3. The molecule has 2 aromatic rings. The second-order valence-electron chi connectivity index (χ2n) is 6.44. The van der Waals surface area contributed by atoms with Crippen LogP contribution in [0.25, 0.3) is 0 Å². The highest BCUT2D eigenvalue weighted by molar-refractivity contribution is 9.09. The van der Waals surface area contributed by atoms with Gasteiger partial charge in [0.15, 0.2) is 0 Å². The molecule has 0 saturated carbocycles. The van der Waals surface area contributed by atoms with Crippen molar-refractivity contribution in [3.8, 4) is 0 Å². The van der Waals surface area contributed by atoms with Crippen molar-refractivity contribution in [1.82, 2.24) is 0 Å². The largest absolute Gasteiger partial charge is 0.0654 e. The third kappa shape index (κ3) is 8.61. The van der Waals surface area contributed by atoms with Gasteiger partial charge in [-0.1, -0.05) is 63.8 Å². The molecule has 2 aromatic carbocycles. The van der Waals surface area contributed by atoms with Crippen LogP contribution < -0.4 is 0 Å². The van der Waals surface area contributed by atoms with Gasteiger partial charge in [-0.2, -0.15) is 0 Å². The zero-order valence-electron chi connectivity index (χ0n) is 15.5. The van der Waals surface area contributed by atoms with E-state index in [9.17, 15) is 0 Å². The molecule has 0 unspecified atom stereocenters. The molecule has 0 aliphatic rings. The quantitative estimate of drug-likeness (QED) is 0.263. The van der Waals surface area contributed by atoms with E-state index in [0.717, 1.165) is 0 Å². The van der Waals surface area contributed by atoms with Crippen LogP contribution in [-0.2, 0) is 12.8 Å². The molecule has 0 atom stereocenters. The van der Waals surface area contributed by atoms with Crippen molar-refractivity contribution in [3.05, 3.63) is 59.7 Å². The van der Waals surface area contributed by atoms with Crippen molar-refractivity contribution in [1.29, 1.82) is 0 Å². The van der Waals surface area contributed by atoms with Crippen LogP contribution in [0.5, 0.6) is 0 Å². The first kappa shape index (κ1) is 20.8. The maximum absolute atomic E-state index is 2.29. The lowest BCUT2D eigenvalue weighted by atomic mass is 10.1. The lowest BCUT2D eigenvalue weighted by Gasteiger charge is -2.05. The summed E-state index contributed by atoms with van der Waals surface area (Å²) in [4.78, 5) is 2.68. The Morgan fingerprint density at radius 1 is 0.560 bits per heavy atom. The van der Waals surface area contributed by atoms with E-state index in [1.807, 2.05) is 31.4 Å². The molecule has 0 aliphatic carbocycles. The molecule has 0 N–H and O–H groups in total. The Morgan fingerprint density at radius 2 is 0.960 bits per heavy atom. The lowest BCUT2D eigenvalue weighted by Crippen LogP contribution is -1.84. The highest BCUT2D eigenvalue weighted by atomic mass is 33.5. The number of aryl methyl sites for hydroxylation is 2. The first-order chi connectivity index (χ1) is 12.3. The summed E-state index contributed by atoms with van der Waals surface area (Å²) < 4.78 is 0. The average molecular weight is 391 g/mol. The molecular weight excluding hydrogens is 360 g/mol. The molecule has 0 saturated heterocycles. The predicted molar refractivity (Wildman–Crippen MR) is 119 cm³/mol. The van der Waals surface area contributed by atoms with E-state index in [1.165, 1.54) is 72.3 Å². The normalized spacial score (nSPS) is 11.0. The highest BCUT2D eigenvalue weighted by Gasteiger charge is 2.00. The number of rotatable bonds is 12. The minimum Gasteiger partial charge on any atom is -0.0654 e. The van der Waals surface area contributed by atoms with Crippen molar-refractivity contribution in [2.24, 2.45) is 0 Å². The summed E-state index contributed by atoms with van der Waals surface area (Å²) in [6.45, 7) is 4.52. The van der Waals surface area contributed by atoms with Gasteiger partial charge in [0.05, 0.1) is 0 Å². The van der Waals surface area contributed by atoms with Gasteiger partial charge in [-0.25, -0.2) is 0 Å². The lowest BCUT2D eigenvalue weighted by molar-refractivity contribution is 0.717. The van der Waals surface area contributed by atoms with Crippen LogP contribution in [0.2, 0.25) is 0 Å². The number of benzene rings is 2. The summed E-state index contributed by atoms with van der Waals surface area (Å²) in [5.41, 5.74) is 2.93. The van der Waals surface area contributed by atoms with Gasteiger partial charge in [0, 0.05) is 9.79 Å². The Balaban J connectivity index is 1.69. The molecule has 0 bridgehead atoms. The van der Waals surface area contributed by atoms with Gasteiger partial charge >= 0.3 is 0 Å². The summed E-state index contributed by atoms with van der Waals surface area (Å²) in [7, 11) is 5.55. The zero-order valence-corrected chi connectivity index (χ0v) is 17.9. The second kappa shape index (κ2) is 12.8. The van der Waals surface area contributed by atoms with Crippen molar-refractivity contribution in [3.63, 3.8) is 0 Å². The van der Waals surface area contributed by atoms with Gasteiger partial charge < -0.3 is 0 Å². The summed E-state index contributed by atoms with van der Waals surface area (Å²) in [6, 6.07) is 18.2. The molecule has 0 aliphatic heterocycles. The molecule has 0 fully saturated rings. The average Bonchev–Trinajstić information content (AvgIpc) is 2.65. The van der Waals surface area contributed by atoms with Gasteiger partial charge in [0.1, 0.15) is 0 Å². The molecule has 0 amide bonds. The Hall–Kier alpha value is -0.510. The molecule has 0 spiro atoms. The van der Waals surface area contributed by atoms with Crippen molar-refractivity contribution >= 4 is 31.4 Å². The minimum absolute atomic E-state index is 1.21. The van der Waals surface area contributed by atoms with Crippen LogP contribution in [0.1, 0.15) is 63.5 Å². The molecule has 0 radical (unpaired) electrons. The summed E-state index contributed by atoms with van der Waals surface area (Å²) in [5.74, 6) is 0. The third-order valence-corrected chi connectivity index (χ3v) is 8.10. The Bertz CT molecular complexity index is 522. The fourth-order valence-corrected chi connectivity index (χ4v) is 6.32. The summed E-state index contributed by atoms with van der Waals surface area (Å²) >= 11 is 0. The van der Waals surface area contributed by atoms with Gasteiger partial charge in [-0.3, -0.25) is 0 Å². The van der Waals surface area contributed by atoms with Crippen molar-refractivity contribution < 1.29 is 0 Å². The Morgan fingerprint density at radius 3 is 1.32 bits per heavy atom. The molecule has 2 rings (SSSR count). The maximum Gasteiger partial charge on any atom is 0.0191 e. The Labute approximate surface area is 165 Å². The first-order valence-electron chi connectivity index (χ1n) is 9.51. The molecule has 0 aromatic heterocycles. The van der Waals surface area contributed by atoms with Crippen LogP contribution in [-0.4, -0.2) is 0 Å². The van der Waals surface area contributed by atoms with Gasteiger partial charge in [0.2, 0.25) is 0 Å². The molecule has 0 nitrogen and oxygen atoms in total. The molecule has 3 heteroatoms. The standard InChI is InChI=1S/C22H30S3/c1-3-5-7-9-19-11-15-21(16-12-19)23-25-24-22-17-13-20(14-18-22)10-8-6-4-2/h11-18H,3-10H2,1-2H3. The zero-order chi connectivity index (χ0) is 17.7. The Kier molecular flexibility index (Phi) is 10.6. The summed E-state index contributed by atoms with van der Waals surface area (Å²) in [5, 5.41) is 0. The van der Waals surface area contributed by atoms with Crippen LogP contribution >= 0.6 is 31.4 Å². The maximum atomic E-state index is 2.29. The van der Waals surface area contributed by atoms with E-state index >= 15 is 0 Å². The van der Waals surface area contributed by atoms with Crippen LogP contribution in [0.4, 0.5) is 0 Å². The molecular formula is C22H30S3. The van der Waals surface area contributed by atoms with E-state index in [0.29, 0.717) is 0 Å². The smallest absolute Gasteiger partial charge is 0.0191 e. The van der Waals surface area contributed by atoms with Crippen LogP contribution in [0.15, 0.2) is 58.3 Å². The fraction of sp³-hybridized carbons (Fsp3) is 0.455. The van der Waals surface area contributed by atoms with Crippen molar-refractivity contribution in [2.75, 3.05) is 0 Å². The first-order valence-corrected chi connectivity index (χ1v) is 13.0. The fourth-order valence-electron chi connectivity index (χ4n) is 2.68. The highest BCUT2D eigenvalue weighted by Crippen LogP contribution is 2.44. The molecule has 0 heterocycles. The predicted octanol–water partition coefficient (Wildman–Crippen LogP) is 8.60. The number of unbranched alkanes of at least 4 members (excludes halogenated alkanes) is 4. The van der Waals surface area contributed by atoms with E-state index < -0.39 is 0 Å². The van der Waals surface area contributed by atoms with E-state index in [2.05, 4.69) is 62.4 Å². The van der Waals surface area contributed by atoms with E-state index in [4.69, 9.17) is 0 Å². The van der Waals surface area contributed by atoms with E-state index in [-0.39, 0.29) is 0 Å². The van der Waals surface area contributed by atoms with Crippen LogP contribution in [0, 0.1) is 0 Å². The molecule has 136 valence electrons. The van der Waals surface area contributed by atoms with Crippen LogP contribution in [0.3, 0.4) is 0 Å². The van der Waals surface area contributed by atoms with Gasteiger partial charge in [-0.05, 0) is 92.5 Å². The second-order valence-corrected chi connectivity index (χ2v) is 10.5. The SMILES string of the molecule is CCCCCc1ccc(SSSc2ccc(CCCCC)cc2)cc1. The number of hydrogen-bond donors (Lipinski definition) is 0. The van der Waals surface area contributed by atoms with Gasteiger partial charge in [-0.15, -0.1) is 0 Å². The summed E-state index contributed by atoms with van der Waals surface area (Å²) in [6.07, 6.45) is 10.3.